The van der Waals surface area contributed by atoms with Gasteiger partial charge in [0.2, 0.25) is 5.76 Å². The normalized spacial score (nSPS) is 11.0. The number of hydrogen-bond acceptors (Lipinski definition) is 6. The largest absolute Gasteiger partial charge is 0.477 e. The Morgan fingerprint density at radius 2 is 1.77 bits per heavy atom. The molecular weight excluding hydrogens is 402 g/mol. The molecular formula is C23H17NO7. The number of carboxylic acids is 2. The van der Waals surface area contributed by atoms with E-state index in [4.69, 9.17) is 9.15 Å². The summed E-state index contributed by atoms with van der Waals surface area (Å²) < 4.78 is 11.5. The summed E-state index contributed by atoms with van der Waals surface area (Å²) in [6.07, 6.45) is 1.02. The van der Waals surface area contributed by atoms with Gasteiger partial charge in [-0.25, -0.2) is 14.6 Å². The predicted octanol–water partition coefficient (Wildman–Crippen LogP) is 4.48. The molecule has 0 fully saturated rings. The molecule has 156 valence electrons. The molecule has 4 aromatic rings. The fourth-order valence-corrected chi connectivity index (χ4v) is 3.41. The minimum Gasteiger partial charge on any atom is -0.477 e. The molecule has 2 aromatic carbocycles. The molecule has 0 amide bonds. The number of ether oxygens (including phenoxy) is 1. The van der Waals surface area contributed by atoms with E-state index in [-0.39, 0.29) is 27.9 Å². The van der Waals surface area contributed by atoms with Gasteiger partial charge in [-0.1, -0.05) is 31.5 Å². The number of carboxylic acid groups (broad SMARTS) is 2. The maximum Gasteiger partial charge on any atom is 0.371 e. The van der Waals surface area contributed by atoms with E-state index < -0.39 is 23.1 Å². The van der Waals surface area contributed by atoms with Crippen LogP contribution in [0.4, 0.5) is 0 Å². The topological polar surface area (TPSA) is 127 Å². The van der Waals surface area contributed by atoms with Crippen LogP contribution in [0.15, 0.2) is 57.7 Å². The van der Waals surface area contributed by atoms with Crippen LogP contribution in [0.2, 0.25) is 0 Å². The van der Waals surface area contributed by atoms with Crippen molar-refractivity contribution in [1.29, 1.82) is 0 Å². The number of para-hydroxylation sites is 1. The molecule has 8 heteroatoms. The van der Waals surface area contributed by atoms with Crippen molar-refractivity contribution in [3.8, 4) is 11.5 Å². The molecule has 0 bridgehead atoms. The highest BCUT2D eigenvalue weighted by molar-refractivity contribution is 6.03. The molecule has 2 N–H and O–H groups in total. The van der Waals surface area contributed by atoms with E-state index in [0.29, 0.717) is 29.5 Å². The molecule has 0 saturated carbocycles. The SMILES string of the molecule is CCCc1c2nc(C(=O)O)cc(Oc3ccccc3)c2cc2c(=O)cc(C(=O)O)oc12. The maximum atomic E-state index is 12.7. The molecule has 2 aromatic heterocycles. The highest BCUT2D eigenvalue weighted by Gasteiger charge is 2.21. The van der Waals surface area contributed by atoms with Crippen LogP contribution < -0.4 is 10.2 Å². The second kappa shape index (κ2) is 7.91. The summed E-state index contributed by atoms with van der Waals surface area (Å²) in [5.41, 5.74) is 0.0553. The predicted molar refractivity (Wildman–Crippen MR) is 112 cm³/mol. The molecule has 0 aliphatic rings. The number of pyridine rings is 1. The Hall–Kier alpha value is -4.20. The molecule has 0 aliphatic carbocycles. The number of benzene rings is 2. The molecule has 0 unspecified atom stereocenters. The molecule has 0 aliphatic heterocycles. The Kier molecular flexibility index (Phi) is 5.12. The lowest BCUT2D eigenvalue weighted by atomic mass is 10.00. The molecule has 0 atom stereocenters. The van der Waals surface area contributed by atoms with Crippen LogP contribution in [-0.4, -0.2) is 27.1 Å². The zero-order chi connectivity index (χ0) is 22.1. The number of nitrogens with zero attached hydrogens (tertiary/aromatic N) is 1. The molecule has 8 nitrogen and oxygen atoms in total. The van der Waals surface area contributed by atoms with Gasteiger partial charge in [0, 0.05) is 23.1 Å². The van der Waals surface area contributed by atoms with E-state index in [1.54, 1.807) is 24.3 Å². The van der Waals surface area contributed by atoms with Crippen LogP contribution in [-0.2, 0) is 6.42 Å². The lowest BCUT2D eigenvalue weighted by Gasteiger charge is -2.14. The average Bonchev–Trinajstić information content (AvgIpc) is 2.74. The Morgan fingerprint density at radius 1 is 1.03 bits per heavy atom. The number of carbonyl (C=O) groups is 2. The molecule has 0 saturated heterocycles. The van der Waals surface area contributed by atoms with Gasteiger partial charge in [-0.3, -0.25) is 4.79 Å². The smallest absolute Gasteiger partial charge is 0.371 e. The highest BCUT2D eigenvalue weighted by Crippen LogP contribution is 2.35. The van der Waals surface area contributed by atoms with Gasteiger partial charge in [0.1, 0.15) is 17.1 Å². The van der Waals surface area contributed by atoms with Crippen molar-refractivity contribution in [2.45, 2.75) is 19.8 Å². The van der Waals surface area contributed by atoms with Gasteiger partial charge in [-0.2, -0.15) is 0 Å². The van der Waals surface area contributed by atoms with Gasteiger partial charge >= 0.3 is 11.9 Å². The van der Waals surface area contributed by atoms with Gasteiger partial charge in [0.15, 0.2) is 11.1 Å². The lowest BCUT2D eigenvalue weighted by Crippen LogP contribution is -2.09. The fraction of sp³-hybridized carbons (Fsp3) is 0.130. The van der Waals surface area contributed by atoms with Gasteiger partial charge in [0.05, 0.1) is 10.9 Å². The minimum absolute atomic E-state index is 0.0833. The van der Waals surface area contributed by atoms with Crippen molar-refractivity contribution in [3.05, 3.63) is 75.8 Å². The van der Waals surface area contributed by atoms with E-state index in [0.717, 1.165) is 6.07 Å². The zero-order valence-electron chi connectivity index (χ0n) is 16.4. The van der Waals surface area contributed by atoms with Crippen LogP contribution >= 0.6 is 0 Å². The van der Waals surface area contributed by atoms with E-state index in [2.05, 4.69) is 4.98 Å². The molecule has 2 heterocycles. The van der Waals surface area contributed by atoms with Crippen molar-refractivity contribution in [1.82, 2.24) is 4.98 Å². The number of rotatable bonds is 6. The van der Waals surface area contributed by atoms with Crippen molar-refractivity contribution in [2.75, 3.05) is 0 Å². The Balaban J connectivity index is 2.12. The summed E-state index contributed by atoms with van der Waals surface area (Å²) in [5.74, 6) is -2.42. The van der Waals surface area contributed by atoms with Crippen LogP contribution in [0.5, 0.6) is 11.5 Å². The van der Waals surface area contributed by atoms with Crippen LogP contribution in [0.25, 0.3) is 21.9 Å². The van der Waals surface area contributed by atoms with E-state index in [9.17, 15) is 24.6 Å². The quantitative estimate of drug-likeness (QED) is 0.438. The first-order valence-corrected chi connectivity index (χ1v) is 9.53. The minimum atomic E-state index is -1.37. The Morgan fingerprint density at radius 3 is 2.42 bits per heavy atom. The van der Waals surface area contributed by atoms with Gasteiger partial charge < -0.3 is 19.4 Å². The summed E-state index contributed by atoms with van der Waals surface area (Å²) in [6, 6.07) is 12.5. The third-order valence-electron chi connectivity index (χ3n) is 4.75. The first-order chi connectivity index (χ1) is 14.9. The third-order valence-corrected chi connectivity index (χ3v) is 4.75. The number of hydrogen-bond donors (Lipinski definition) is 2. The standard InChI is InChI=1S/C23H17NO7/c1-2-6-13-20-15(9-14-17(25)11-19(23(28)29)31-21(13)14)18(10-16(24-20)22(26)27)30-12-7-4-3-5-8-12/h3-5,7-11H,2,6H2,1H3,(H,26,27)(H,28,29). The molecule has 0 spiro atoms. The summed E-state index contributed by atoms with van der Waals surface area (Å²) in [5, 5.41) is 19.4. The first kappa shape index (κ1) is 20.1. The third kappa shape index (κ3) is 3.71. The van der Waals surface area contributed by atoms with Gasteiger partial charge in [-0.05, 0) is 24.6 Å². The number of aromatic carboxylic acids is 2. The maximum absolute atomic E-state index is 12.7. The van der Waals surface area contributed by atoms with Crippen molar-refractivity contribution in [3.63, 3.8) is 0 Å². The molecule has 4 rings (SSSR count). The van der Waals surface area contributed by atoms with E-state index in [1.807, 2.05) is 13.0 Å². The van der Waals surface area contributed by atoms with Crippen LogP contribution in [0.1, 0.15) is 40.0 Å². The van der Waals surface area contributed by atoms with Gasteiger partial charge in [0.25, 0.3) is 0 Å². The summed E-state index contributed by atoms with van der Waals surface area (Å²) >= 11 is 0. The van der Waals surface area contributed by atoms with Crippen molar-refractivity contribution >= 4 is 33.8 Å². The van der Waals surface area contributed by atoms with Crippen LogP contribution in [0, 0.1) is 0 Å². The fourth-order valence-electron chi connectivity index (χ4n) is 3.41. The molecule has 0 radical (unpaired) electrons. The Bertz CT molecular complexity index is 1390. The summed E-state index contributed by atoms with van der Waals surface area (Å²) in [7, 11) is 0. The molecule has 31 heavy (non-hydrogen) atoms. The Labute approximate surface area is 175 Å². The van der Waals surface area contributed by atoms with Gasteiger partial charge in [-0.15, -0.1) is 0 Å². The zero-order valence-corrected chi connectivity index (χ0v) is 16.4. The van der Waals surface area contributed by atoms with E-state index in [1.165, 1.54) is 12.1 Å². The summed E-state index contributed by atoms with van der Waals surface area (Å²) in [6.45, 7) is 1.90. The highest BCUT2D eigenvalue weighted by atomic mass is 16.5. The van der Waals surface area contributed by atoms with E-state index >= 15 is 0 Å². The number of fused-ring (bicyclic) bond motifs is 2. The summed E-state index contributed by atoms with van der Waals surface area (Å²) in [4.78, 5) is 40.0. The number of aromatic nitrogens is 1. The average molecular weight is 419 g/mol. The number of aryl methyl sites for hydroxylation is 1. The lowest BCUT2D eigenvalue weighted by molar-refractivity contribution is 0.0660. The second-order valence-corrected chi connectivity index (χ2v) is 6.88. The second-order valence-electron chi connectivity index (χ2n) is 6.88. The first-order valence-electron chi connectivity index (χ1n) is 9.53. The van der Waals surface area contributed by atoms with Crippen molar-refractivity contribution < 1.29 is 29.0 Å². The monoisotopic (exact) mass is 419 g/mol. The van der Waals surface area contributed by atoms with Crippen molar-refractivity contribution in [2.24, 2.45) is 0 Å². The van der Waals surface area contributed by atoms with Crippen LogP contribution in [0.3, 0.4) is 0 Å².